The summed E-state index contributed by atoms with van der Waals surface area (Å²) >= 11 is 0. The van der Waals surface area contributed by atoms with E-state index in [1.54, 1.807) is 0 Å². The Balaban J connectivity index is 2.26. The normalized spacial score (nSPS) is 28.5. The number of carbonyl (C=O) groups is 1. The zero-order chi connectivity index (χ0) is 10.6. The summed E-state index contributed by atoms with van der Waals surface area (Å²) in [5.74, 6) is 0.565. The van der Waals surface area contributed by atoms with E-state index in [4.69, 9.17) is 0 Å². The van der Waals surface area contributed by atoms with Crippen molar-refractivity contribution in [3.05, 3.63) is 46.1 Å². The van der Waals surface area contributed by atoms with Gasteiger partial charge in [0.15, 0.2) is 5.78 Å². The zero-order valence-electron chi connectivity index (χ0n) is 9.13. The van der Waals surface area contributed by atoms with Crippen molar-refractivity contribution in [2.45, 2.75) is 26.7 Å². The van der Waals surface area contributed by atoms with E-state index in [1.807, 2.05) is 13.0 Å². The molecular weight excluding hydrogens is 184 g/mol. The molecule has 76 valence electrons. The van der Waals surface area contributed by atoms with Crippen LogP contribution in [0.25, 0.3) is 0 Å². The molecule has 0 aromatic carbocycles. The first kappa shape index (κ1) is 8.90. The van der Waals surface area contributed by atoms with Gasteiger partial charge < -0.3 is 0 Å². The van der Waals surface area contributed by atoms with Gasteiger partial charge in [0.25, 0.3) is 0 Å². The number of hydrogen-bond acceptors (Lipinski definition) is 1. The van der Waals surface area contributed by atoms with E-state index in [1.165, 1.54) is 16.7 Å². The van der Waals surface area contributed by atoms with Gasteiger partial charge in [0.1, 0.15) is 0 Å². The molecule has 0 spiro atoms. The Hall–Kier alpha value is -1.37. The maximum atomic E-state index is 12.1. The molecule has 1 heteroatoms. The lowest BCUT2D eigenvalue weighted by Crippen LogP contribution is -2.15. The highest BCUT2D eigenvalue weighted by molar-refractivity contribution is 6.12. The predicted molar refractivity (Wildman–Crippen MR) is 60.4 cm³/mol. The number of Topliss-reactive ketones (excluding diaryl/α,β-unsaturated/α-hetero) is 1. The third-order valence-electron chi connectivity index (χ3n) is 3.54. The summed E-state index contributed by atoms with van der Waals surface area (Å²) < 4.78 is 0. The molecule has 0 saturated carbocycles. The topological polar surface area (TPSA) is 17.1 Å². The van der Waals surface area contributed by atoms with Crippen LogP contribution in [0.1, 0.15) is 26.7 Å². The maximum absolute atomic E-state index is 12.1. The zero-order valence-corrected chi connectivity index (χ0v) is 9.13. The Morgan fingerprint density at radius 1 is 1.40 bits per heavy atom. The van der Waals surface area contributed by atoms with E-state index < -0.39 is 0 Å². The van der Waals surface area contributed by atoms with Crippen molar-refractivity contribution in [2.24, 2.45) is 5.92 Å². The summed E-state index contributed by atoms with van der Waals surface area (Å²) in [5, 5.41) is 0. The molecule has 0 fully saturated rings. The van der Waals surface area contributed by atoms with Crippen molar-refractivity contribution in [1.82, 2.24) is 0 Å². The Bertz CT molecular complexity index is 483. The van der Waals surface area contributed by atoms with Crippen LogP contribution in [0.4, 0.5) is 0 Å². The third-order valence-corrected chi connectivity index (χ3v) is 3.54. The molecule has 3 aliphatic rings. The lowest BCUT2D eigenvalue weighted by molar-refractivity contribution is -0.112. The fourth-order valence-corrected chi connectivity index (χ4v) is 2.87. The van der Waals surface area contributed by atoms with Gasteiger partial charge in [0.05, 0.1) is 0 Å². The van der Waals surface area contributed by atoms with E-state index in [-0.39, 0.29) is 5.78 Å². The quantitative estimate of drug-likeness (QED) is 0.584. The third kappa shape index (κ3) is 1.06. The second-order valence-electron chi connectivity index (χ2n) is 4.62. The predicted octanol–water partition coefficient (Wildman–Crippen LogP) is 3.11. The number of allylic oxidation sites excluding steroid dienone is 8. The Kier molecular flexibility index (Phi) is 1.67. The standard InChI is InChI=1S/C14H14O/c1-8-6-10-4-3-5-11-7-9(2)14(15)12(8)13(10)11/h5-8H,3-4H2,1-2H3. The van der Waals surface area contributed by atoms with E-state index >= 15 is 0 Å². The molecule has 15 heavy (non-hydrogen) atoms. The number of rotatable bonds is 0. The maximum Gasteiger partial charge on any atom is 0.185 e. The molecule has 0 amide bonds. The largest absolute Gasteiger partial charge is 0.289 e. The van der Waals surface area contributed by atoms with Crippen LogP contribution in [-0.4, -0.2) is 5.78 Å². The van der Waals surface area contributed by atoms with Gasteiger partial charge in [0.2, 0.25) is 0 Å². The monoisotopic (exact) mass is 198 g/mol. The van der Waals surface area contributed by atoms with Gasteiger partial charge in [-0.2, -0.15) is 0 Å². The van der Waals surface area contributed by atoms with E-state index in [9.17, 15) is 4.79 Å². The lowest BCUT2D eigenvalue weighted by atomic mass is 9.81. The van der Waals surface area contributed by atoms with Crippen LogP contribution in [0.3, 0.4) is 0 Å². The van der Waals surface area contributed by atoms with E-state index in [0.717, 1.165) is 24.0 Å². The molecule has 1 unspecified atom stereocenters. The first-order chi connectivity index (χ1) is 7.18. The molecule has 0 saturated heterocycles. The van der Waals surface area contributed by atoms with Crippen molar-refractivity contribution in [1.29, 1.82) is 0 Å². The molecule has 0 aromatic heterocycles. The smallest absolute Gasteiger partial charge is 0.185 e. The minimum Gasteiger partial charge on any atom is -0.289 e. The summed E-state index contributed by atoms with van der Waals surface area (Å²) in [7, 11) is 0. The molecule has 1 nitrogen and oxygen atoms in total. The highest BCUT2D eigenvalue weighted by Crippen LogP contribution is 2.44. The highest BCUT2D eigenvalue weighted by atomic mass is 16.1. The molecule has 0 radical (unpaired) electrons. The van der Waals surface area contributed by atoms with Gasteiger partial charge >= 0.3 is 0 Å². The Labute approximate surface area is 89.9 Å². The van der Waals surface area contributed by atoms with Gasteiger partial charge in [-0.15, -0.1) is 0 Å². The van der Waals surface area contributed by atoms with Crippen LogP contribution >= 0.6 is 0 Å². The average Bonchev–Trinajstić information content (AvgIpc) is 2.53. The molecule has 0 bridgehead atoms. The number of hydrogen-bond donors (Lipinski definition) is 0. The van der Waals surface area contributed by atoms with Crippen molar-refractivity contribution >= 4 is 5.78 Å². The molecule has 0 N–H and O–H groups in total. The van der Waals surface area contributed by atoms with Gasteiger partial charge in [-0.25, -0.2) is 0 Å². The van der Waals surface area contributed by atoms with Crippen LogP contribution < -0.4 is 0 Å². The second kappa shape index (κ2) is 2.82. The van der Waals surface area contributed by atoms with Crippen molar-refractivity contribution < 1.29 is 4.79 Å². The Morgan fingerprint density at radius 3 is 3.00 bits per heavy atom. The molecule has 1 atom stereocenters. The van der Waals surface area contributed by atoms with Gasteiger partial charge in [-0.05, 0) is 48.1 Å². The summed E-state index contributed by atoms with van der Waals surface area (Å²) in [6, 6.07) is 0. The summed E-state index contributed by atoms with van der Waals surface area (Å²) in [6.07, 6.45) is 8.80. The first-order valence-corrected chi connectivity index (χ1v) is 5.57. The fraction of sp³-hybridized carbons (Fsp3) is 0.357. The number of carbonyl (C=O) groups excluding carboxylic acids is 1. The van der Waals surface area contributed by atoms with Gasteiger partial charge in [0, 0.05) is 11.5 Å². The minimum absolute atomic E-state index is 0.253. The van der Waals surface area contributed by atoms with E-state index in [0.29, 0.717) is 5.92 Å². The van der Waals surface area contributed by atoms with Crippen LogP contribution in [0.2, 0.25) is 0 Å². The van der Waals surface area contributed by atoms with Crippen LogP contribution in [0, 0.1) is 5.92 Å². The second-order valence-corrected chi connectivity index (χ2v) is 4.62. The highest BCUT2D eigenvalue weighted by Gasteiger charge is 2.34. The van der Waals surface area contributed by atoms with E-state index in [2.05, 4.69) is 19.1 Å². The summed E-state index contributed by atoms with van der Waals surface area (Å²) in [5.41, 5.74) is 5.86. The molecule has 0 aliphatic heterocycles. The van der Waals surface area contributed by atoms with Crippen LogP contribution in [-0.2, 0) is 4.79 Å². The first-order valence-electron chi connectivity index (χ1n) is 5.57. The minimum atomic E-state index is 0.253. The van der Waals surface area contributed by atoms with Crippen LogP contribution in [0.15, 0.2) is 46.1 Å². The van der Waals surface area contributed by atoms with Crippen molar-refractivity contribution in [3.8, 4) is 0 Å². The van der Waals surface area contributed by atoms with Crippen molar-refractivity contribution in [2.75, 3.05) is 0 Å². The summed E-state index contributed by atoms with van der Waals surface area (Å²) in [4.78, 5) is 12.1. The average molecular weight is 198 g/mol. The molecule has 3 aliphatic carbocycles. The molecule has 0 heterocycles. The SMILES string of the molecule is CC1=CC2=CCCC3=CC(C)C(=C23)C1=O. The lowest BCUT2D eigenvalue weighted by Gasteiger charge is -2.22. The van der Waals surface area contributed by atoms with Gasteiger partial charge in [-0.1, -0.05) is 19.1 Å². The Morgan fingerprint density at radius 2 is 2.20 bits per heavy atom. The number of ketones is 1. The molecule has 0 aromatic rings. The van der Waals surface area contributed by atoms with Crippen molar-refractivity contribution in [3.63, 3.8) is 0 Å². The molecule has 3 rings (SSSR count). The summed E-state index contributed by atoms with van der Waals surface area (Å²) in [6.45, 7) is 4.05. The van der Waals surface area contributed by atoms with Gasteiger partial charge in [-0.3, -0.25) is 4.79 Å². The molecular formula is C14H14O. The van der Waals surface area contributed by atoms with Crippen LogP contribution in [0.5, 0.6) is 0 Å². The fourth-order valence-electron chi connectivity index (χ4n) is 2.87.